The van der Waals surface area contributed by atoms with Crippen molar-refractivity contribution < 1.29 is 0 Å². The zero-order valence-corrected chi connectivity index (χ0v) is 15.0. The standard InChI is InChI=1S/C16H25N3S2/c1-5-17-10-14-15(12(3)4)18-16(21-14)19(6-2)11-13-8-7-9-20-13/h7-9,12,17H,5-6,10-11H2,1-4H3. The van der Waals surface area contributed by atoms with Crippen LogP contribution in [0.5, 0.6) is 0 Å². The largest absolute Gasteiger partial charge is 0.343 e. The molecule has 0 amide bonds. The van der Waals surface area contributed by atoms with Gasteiger partial charge in [-0.2, -0.15) is 0 Å². The first-order valence-corrected chi connectivity index (χ1v) is 9.32. The van der Waals surface area contributed by atoms with Crippen LogP contribution in [-0.4, -0.2) is 18.1 Å². The van der Waals surface area contributed by atoms with E-state index >= 15 is 0 Å². The number of aromatic nitrogens is 1. The zero-order chi connectivity index (χ0) is 15.2. The van der Waals surface area contributed by atoms with E-state index in [4.69, 9.17) is 4.98 Å². The molecule has 0 aliphatic heterocycles. The monoisotopic (exact) mass is 323 g/mol. The Morgan fingerprint density at radius 1 is 1.33 bits per heavy atom. The van der Waals surface area contributed by atoms with Gasteiger partial charge in [0.2, 0.25) is 0 Å². The van der Waals surface area contributed by atoms with E-state index in [0.29, 0.717) is 5.92 Å². The maximum absolute atomic E-state index is 4.92. The SMILES string of the molecule is CCNCc1sc(N(CC)Cc2cccs2)nc1C(C)C. The summed E-state index contributed by atoms with van der Waals surface area (Å²) in [6.45, 7) is 12.7. The van der Waals surface area contributed by atoms with Gasteiger partial charge in [-0.15, -0.1) is 22.7 Å². The molecule has 2 aromatic rings. The minimum atomic E-state index is 0.476. The second-order valence-electron chi connectivity index (χ2n) is 5.33. The van der Waals surface area contributed by atoms with Gasteiger partial charge in [0.25, 0.3) is 0 Å². The molecule has 0 spiro atoms. The van der Waals surface area contributed by atoms with E-state index in [-0.39, 0.29) is 0 Å². The van der Waals surface area contributed by atoms with E-state index in [9.17, 15) is 0 Å². The van der Waals surface area contributed by atoms with E-state index in [2.05, 4.69) is 55.4 Å². The third-order valence-electron chi connectivity index (χ3n) is 3.38. The van der Waals surface area contributed by atoms with Crippen LogP contribution in [0.15, 0.2) is 17.5 Å². The minimum Gasteiger partial charge on any atom is -0.343 e. The lowest BCUT2D eigenvalue weighted by molar-refractivity contribution is 0.713. The molecule has 0 aromatic carbocycles. The molecule has 5 heteroatoms. The highest BCUT2D eigenvalue weighted by atomic mass is 32.1. The molecule has 0 aliphatic rings. The molecule has 2 aromatic heterocycles. The van der Waals surface area contributed by atoms with Crippen molar-refractivity contribution in [3.8, 4) is 0 Å². The Kier molecular flexibility index (Phi) is 6.21. The maximum atomic E-state index is 4.92. The quantitative estimate of drug-likeness (QED) is 0.777. The van der Waals surface area contributed by atoms with E-state index in [0.717, 1.165) is 31.3 Å². The van der Waals surface area contributed by atoms with Gasteiger partial charge >= 0.3 is 0 Å². The highest BCUT2D eigenvalue weighted by Crippen LogP contribution is 2.31. The number of anilines is 1. The van der Waals surface area contributed by atoms with Crippen LogP contribution in [0, 0.1) is 0 Å². The third kappa shape index (κ3) is 4.28. The number of thiophene rings is 1. The van der Waals surface area contributed by atoms with Crippen molar-refractivity contribution in [1.82, 2.24) is 10.3 Å². The Hall–Kier alpha value is -0.910. The molecule has 2 rings (SSSR count). The molecular weight excluding hydrogens is 298 g/mol. The number of nitrogens with zero attached hydrogens (tertiary/aromatic N) is 2. The van der Waals surface area contributed by atoms with Crippen molar-refractivity contribution in [2.75, 3.05) is 18.0 Å². The number of thiazole rings is 1. The predicted molar refractivity (Wildman–Crippen MR) is 94.6 cm³/mol. The van der Waals surface area contributed by atoms with Crippen molar-refractivity contribution in [1.29, 1.82) is 0 Å². The van der Waals surface area contributed by atoms with Crippen LogP contribution in [0.2, 0.25) is 0 Å². The molecule has 0 radical (unpaired) electrons. The number of rotatable bonds is 8. The first-order chi connectivity index (χ1) is 10.2. The number of hydrogen-bond donors (Lipinski definition) is 1. The maximum Gasteiger partial charge on any atom is 0.186 e. The topological polar surface area (TPSA) is 28.2 Å². The van der Waals surface area contributed by atoms with Gasteiger partial charge in [0, 0.05) is 22.8 Å². The van der Waals surface area contributed by atoms with Gasteiger partial charge in [-0.1, -0.05) is 26.8 Å². The summed E-state index contributed by atoms with van der Waals surface area (Å²) in [6, 6.07) is 4.32. The Labute approximate surface area is 136 Å². The van der Waals surface area contributed by atoms with E-state index < -0.39 is 0 Å². The smallest absolute Gasteiger partial charge is 0.186 e. The first-order valence-electron chi connectivity index (χ1n) is 7.63. The predicted octanol–water partition coefficient (Wildman–Crippen LogP) is 4.46. The van der Waals surface area contributed by atoms with Crippen LogP contribution in [0.4, 0.5) is 5.13 Å². The van der Waals surface area contributed by atoms with Gasteiger partial charge in [0.1, 0.15) is 0 Å². The van der Waals surface area contributed by atoms with Gasteiger partial charge in [0.15, 0.2) is 5.13 Å². The van der Waals surface area contributed by atoms with Crippen molar-refractivity contribution in [3.05, 3.63) is 33.0 Å². The Balaban J connectivity index is 2.20. The van der Waals surface area contributed by atoms with Gasteiger partial charge in [-0.3, -0.25) is 0 Å². The van der Waals surface area contributed by atoms with Gasteiger partial charge in [-0.25, -0.2) is 4.98 Å². The van der Waals surface area contributed by atoms with Crippen LogP contribution in [0.1, 0.15) is 49.1 Å². The van der Waals surface area contributed by atoms with Crippen LogP contribution < -0.4 is 10.2 Å². The zero-order valence-electron chi connectivity index (χ0n) is 13.3. The highest BCUT2D eigenvalue weighted by Gasteiger charge is 2.17. The average Bonchev–Trinajstić information content (AvgIpc) is 3.11. The minimum absolute atomic E-state index is 0.476. The lowest BCUT2D eigenvalue weighted by Crippen LogP contribution is -2.21. The normalized spacial score (nSPS) is 11.3. The van der Waals surface area contributed by atoms with Crippen molar-refractivity contribution in [2.45, 2.75) is 46.7 Å². The number of nitrogens with one attached hydrogen (secondary N) is 1. The van der Waals surface area contributed by atoms with Crippen LogP contribution in [0.3, 0.4) is 0 Å². The summed E-state index contributed by atoms with van der Waals surface area (Å²) >= 11 is 3.65. The van der Waals surface area contributed by atoms with Gasteiger partial charge in [-0.05, 0) is 30.8 Å². The highest BCUT2D eigenvalue weighted by molar-refractivity contribution is 7.15. The second-order valence-corrected chi connectivity index (χ2v) is 7.43. The summed E-state index contributed by atoms with van der Waals surface area (Å²) in [4.78, 5) is 10.1. The summed E-state index contributed by atoms with van der Waals surface area (Å²) in [5.41, 5.74) is 1.25. The van der Waals surface area contributed by atoms with Crippen molar-refractivity contribution >= 4 is 27.8 Å². The molecule has 116 valence electrons. The molecular formula is C16H25N3S2. The van der Waals surface area contributed by atoms with Crippen LogP contribution in [-0.2, 0) is 13.1 Å². The molecule has 3 nitrogen and oxygen atoms in total. The molecule has 2 heterocycles. The lowest BCUT2D eigenvalue weighted by Gasteiger charge is -2.18. The molecule has 21 heavy (non-hydrogen) atoms. The molecule has 0 unspecified atom stereocenters. The second kappa shape index (κ2) is 7.92. The van der Waals surface area contributed by atoms with E-state index in [1.807, 2.05) is 22.7 Å². The fraction of sp³-hybridized carbons (Fsp3) is 0.562. The summed E-state index contributed by atoms with van der Waals surface area (Å²) in [5.74, 6) is 0.476. The van der Waals surface area contributed by atoms with Crippen LogP contribution >= 0.6 is 22.7 Å². The average molecular weight is 324 g/mol. The summed E-state index contributed by atoms with van der Waals surface area (Å²) in [7, 11) is 0. The van der Waals surface area contributed by atoms with Crippen molar-refractivity contribution in [2.24, 2.45) is 0 Å². The fourth-order valence-electron chi connectivity index (χ4n) is 2.21. The molecule has 0 saturated carbocycles. The Morgan fingerprint density at radius 2 is 2.14 bits per heavy atom. The first kappa shape index (κ1) is 16.5. The van der Waals surface area contributed by atoms with Gasteiger partial charge in [0.05, 0.1) is 12.2 Å². The van der Waals surface area contributed by atoms with E-state index in [1.165, 1.54) is 15.4 Å². The number of hydrogen-bond acceptors (Lipinski definition) is 5. The Morgan fingerprint density at radius 3 is 2.71 bits per heavy atom. The fourth-order valence-corrected chi connectivity index (χ4v) is 4.17. The van der Waals surface area contributed by atoms with Crippen molar-refractivity contribution in [3.63, 3.8) is 0 Å². The van der Waals surface area contributed by atoms with E-state index in [1.54, 1.807) is 0 Å². The van der Waals surface area contributed by atoms with Crippen LogP contribution in [0.25, 0.3) is 0 Å². The summed E-state index contributed by atoms with van der Waals surface area (Å²) in [6.07, 6.45) is 0. The molecule has 0 fully saturated rings. The third-order valence-corrected chi connectivity index (χ3v) is 5.37. The molecule has 0 saturated heterocycles. The lowest BCUT2D eigenvalue weighted by atomic mass is 10.1. The molecule has 0 atom stereocenters. The molecule has 1 N–H and O–H groups in total. The summed E-state index contributed by atoms with van der Waals surface area (Å²) < 4.78 is 0. The Bertz CT molecular complexity index is 532. The summed E-state index contributed by atoms with van der Waals surface area (Å²) in [5, 5.41) is 6.72. The van der Waals surface area contributed by atoms with Gasteiger partial charge < -0.3 is 10.2 Å². The molecule has 0 bridgehead atoms. The molecule has 0 aliphatic carbocycles.